The Hall–Kier alpha value is -2.37. The van der Waals surface area contributed by atoms with Crippen LogP contribution in [0, 0.1) is 5.92 Å². The number of carbonyl (C=O) groups excluding carboxylic acids is 2. The largest absolute Gasteiger partial charge is 0.352 e. The molecule has 0 saturated carbocycles. The molecule has 5 nitrogen and oxygen atoms in total. The van der Waals surface area contributed by atoms with Crippen molar-refractivity contribution in [3.8, 4) is 0 Å². The predicted molar refractivity (Wildman–Crippen MR) is 110 cm³/mol. The van der Waals surface area contributed by atoms with Crippen LogP contribution in [0.2, 0.25) is 0 Å². The highest BCUT2D eigenvalue weighted by Gasteiger charge is 2.23. The number of carbonyl (C=O) groups is 2. The molecule has 2 rings (SSSR count). The van der Waals surface area contributed by atoms with Gasteiger partial charge in [0.15, 0.2) is 0 Å². The van der Waals surface area contributed by atoms with Gasteiger partial charge in [0.2, 0.25) is 11.8 Å². The first-order chi connectivity index (χ1) is 12.5. The molecule has 0 spiro atoms. The lowest BCUT2D eigenvalue weighted by Crippen LogP contribution is -2.42. The van der Waals surface area contributed by atoms with E-state index in [0.29, 0.717) is 13.0 Å². The van der Waals surface area contributed by atoms with E-state index in [1.807, 2.05) is 74.5 Å². The standard InChI is InChI=1S/C21H27N3O2.ClH/c1-15(2)13-19(25)24-20(17-11-7-4-8-12-17)21(26)23-14-18(22)16-9-5-3-6-10-16;/h3-12,15,18,20H,13-14,22H2,1-2H3,(H,23,26)(H,24,25);1H. The summed E-state index contributed by atoms with van der Waals surface area (Å²) in [5, 5.41) is 5.70. The fraction of sp³-hybridized carbons (Fsp3) is 0.333. The topological polar surface area (TPSA) is 84.2 Å². The Morgan fingerprint density at radius 3 is 1.96 bits per heavy atom. The predicted octanol–water partition coefficient (Wildman–Crippen LogP) is 3.13. The van der Waals surface area contributed by atoms with Gasteiger partial charge < -0.3 is 16.4 Å². The molecule has 2 atom stereocenters. The number of amides is 2. The molecule has 0 aliphatic rings. The third kappa shape index (κ3) is 7.41. The molecule has 0 aromatic heterocycles. The summed E-state index contributed by atoms with van der Waals surface area (Å²) in [5.74, 6) is -0.183. The second-order valence-corrected chi connectivity index (χ2v) is 6.77. The van der Waals surface area contributed by atoms with Crippen LogP contribution in [0.3, 0.4) is 0 Å². The Morgan fingerprint density at radius 2 is 1.44 bits per heavy atom. The monoisotopic (exact) mass is 389 g/mol. The van der Waals surface area contributed by atoms with Gasteiger partial charge in [0.25, 0.3) is 0 Å². The summed E-state index contributed by atoms with van der Waals surface area (Å²) >= 11 is 0. The van der Waals surface area contributed by atoms with E-state index >= 15 is 0 Å². The lowest BCUT2D eigenvalue weighted by atomic mass is 10.0. The molecule has 0 aliphatic carbocycles. The minimum absolute atomic E-state index is 0. The molecule has 4 N–H and O–H groups in total. The number of rotatable bonds is 8. The molecular formula is C21H28ClN3O2. The van der Waals surface area contributed by atoms with Crippen molar-refractivity contribution >= 4 is 24.2 Å². The zero-order valence-electron chi connectivity index (χ0n) is 15.7. The highest BCUT2D eigenvalue weighted by molar-refractivity contribution is 5.88. The molecule has 0 bridgehead atoms. The van der Waals surface area contributed by atoms with Gasteiger partial charge in [-0.2, -0.15) is 0 Å². The fourth-order valence-corrected chi connectivity index (χ4v) is 2.67. The van der Waals surface area contributed by atoms with Crippen LogP contribution in [0.5, 0.6) is 0 Å². The van der Waals surface area contributed by atoms with E-state index in [4.69, 9.17) is 5.73 Å². The first-order valence-corrected chi connectivity index (χ1v) is 8.90. The number of hydrogen-bond donors (Lipinski definition) is 3. The van der Waals surface area contributed by atoms with E-state index in [0.717, 1.165) is 11.1 Å². The Bertz CT molecular complexity index is 708. The lowest BCUT2D eigenvalue weighted by Gasteiger charge is -2.21. The maximum absolute atomic E-state index is 12.7. The Labute approximate surface area is 167 Å². The molecule has 2 unspecified atom stereocenters. The van der Waals surface area contributed by atoms with Crippen LogP contribution in [-0.2, 0) is 9.59 Å². The van der Waals surface area contributed by atoms with Gasteiger partial charge in [0, 0.05) is 19.0 Å². The zero-order valence-corrected chi connectivity index (χ0v) is 16.5. The number of hydrogen-bond acceptors (Lipinski definition) is 3. The van der Waals surface area contributed by atoms with Gasteiger partial charge in [0.1, 0.15) is 6.04 Å². The molecule has 2 aromatic rings. The summed E-state index contributed by atoms with van der Waals surface area (Å²) in [6, 6.07) is 17.8. The minimum atomic E-state index is -0.731. The van der Waals surface area contributed by atoms with E-state index in [1.54, 1.807) is 0 Å². The second kappa shape index (κ2) is 11.4. The van der Waals surface area contributed by atoms with Crippen LogP contribution in [0.1, 0.15) is 43.5 Å². The van der Waals surface area contributed by atoms with E-state index in [-0.39, 0.29) is 36.2 Å². The van der Waals surface area contributed by atoms with Crippen molar-refractivity contribution in [3.05, 3.63) is 71.8 Å². The zero-order chi connectivity index (χ0) is 18.9. The lowest BCUT2D eigenvalue weighted by molar-refractivity contribution is -0.129. The normalized spacial score (nSPS) is 12.6. The molecule has 0 fully saturated rings. The SMILES string of the molecule is CC(C)CC(=O)NC(C(=O)NCC(N)c1ccccc1)c1ccccc1.Cl. The third-order valence-electron chi connectivity index (χ3n) is 4.02. The van der Waals surface area contributed by atoms with Gasteiger partial charge in [-0.3, -0.25) is 9.59 Å². The smallest absolute Gasteiger partial charge is 0.247 e. The summed E-state index contributed by atoms with van der Waals surface area (Å²) in [6.45, 7) is 4.23. The Morgan fingerprint density at radius 1 is 0.926 bits per heavy atom. The van der Waals surface area contributed by atoms with E-state index in [2.05, 4.69) is 10.6 Å². The number of nitrogens with two attached hydrogens (primary N) is 1. The average molecular weight is 390 g/mol. The van der Waals surface area contributed by atoms with Gasteiger partial charge in [0.05, 0.1) is 0 Å². The molecule has 0 radical (unpaired) electrons. The van der Waals surface area contributed by atoms with Crippen molar-refractivity contribution in [2.75, 3.05) is 6.54 Å². The van der Waals surface area contributed by atoms with Gasteiger partial charge >= 0.3 is 0 Å². The van der Waals surface area contributed by atoms with E-state index in [9.17, 15) is 9.59 Å². The van der Waals surface area contributed by atoms with Crippen molar-refractivity contribution < 1.29 is 9.59 Å². The van der Waals surface area contributed by atoms with Gasteiger partial charge in [-0.05, 0) is 17.0 Å². The maximum atomic E-state index is 12.7. The quantitative estimate of drug-likeness (QED) is 0.648. The van der Waals surface area contributed by atoms with Gasteiger partial charge in [-0.25, -0.2) is 0 Å². The van der Waals surface area contributed by atoms with Crippen molar-refractivity contribution in [2.45, 2.75) is 32.4 Å². The summed E-state index contributed by atoms with van der Waals surface area (Å²) in [6.07, 6.45) is 0.375. The third-order valence-corrected chi connectivity index (χ3v) is 4.02. The van der Waals surface area contributed by atoms with Crippen LogP contribution < -0.4 is 16.4 Å². The molecule has 146 valence electrons. The highest BCUT2D eigenvalue weighted by Crippen LogP contribution is 2.15. The summed E-state index contributed by atoms with van der Waals surface area (Å²) in [5.41, 5.74) is 7.84. The Balaban J connectivity index is 0.00000364. The van der Waals surface area contributed by atoms with Crippen molar-refractivity contribution in [3.63, 3.8) is 0 Å². The van der Waals surface area contributed by atoms with Crippen LogP contribution in [-0.4, -0.2) is 18.4 Å². The molecule has 27 heavy (non-hydrogen) atoms. The molecular weight excluding hydrogens is 362 g/mol. The summed E-state index contributed by atoms with van der Waals surface area (Å²) in [7, 11) is 0. The molecule has 0 heterocycles. The Kier molecular flexibility index (Phi) is 9.54. The molecule has 2 aromatic carbocycles. The first kappa shape index (κ1) is 22.7. The molecule has 6 heteroatoms. The molecule has 0 aliphatic heterocycles. The molecule has 2 amide bonds. The van der Waals surface area contributed by atoms with Gasteiger partial charge in [-0.1, -0.05) is 74.5 Å². The minimum Gasteiger partial charge on any atom is -0.352 e. The van der Waals surface area contributed by atoms with Crippen molar-refractivity contribution in [1.82, 2.24) is 10.6 Å². The summed E-state index contributed by atoms with van der Waals surface area (Å²) < 4.78 is 0. The molecule has 0 saturated heterocycles. The maximum Gasteiger partial charge on any atom is 0.247 e. The van der Waals surface area contributed by atoms with E-state index < -0.39 is 6.04 Å². The van der Waals surface area contributed by atoms with Crippen molar-refractivity contribution in [2.24, 2.45) is 11.7 Å². The van der Waals surface area contributed by atoms with Crippen molar-refractivity contribution in [1.29, 1.82) is 0 Å². The van der Waals surface area contributed by atoms with Crippen LogP contribution in [0.15, 0.2) is 60.7 Å². The van der Waals surface area contributed by atoms with Crippen LogP contribution >= 0.6 is 12.4 Å². The average Bonchev–Trinajstić information content (AvgIpc) is 2.64. The number of nitrogens with one attached hydrogen (secondary N) is 2. The first-order valence-electron chi connectivity index (χ1n) is 8.90. The number of halogens is 1. The fourth-order valence-electron chi connectivity index (χ4n) is 2.67. The van der Waals surface area contributed by atoms with Crippen LogP contribution in [0.25, 0.3) is 0 Å². The van der Waals surface area contributed by atoms with Crippen LogP contribution in [0.4, 0.5) is 0 Å². The van der Waals surface area contributed by atoms with Gasteiger partial charge in [-0.15, -0.1) is 12.4 Å². The second-order valence-electron chi connectivity index (χ2n) is 6.77. The van der Waals surface area contributed by atoms with E-state index in [1.165, 1.54) is 0 Å². The highest BCUT2D eigenvalue weighted by atomic mass is 35.5. The summed E-state index contributed by atoms with van der Waals surface area (Å²) in [4.78, 5) is 24.9. The number of benzene rings is 2.